The van der Waals surface area contributed by atoms with Crippen molar-refractivity contribution in [1.29, 1.82) is 0 Å². The van der Waals surface area contributed by atoms with Crippen LogP contribution in [0.1, 0.15) is 12.5 Å². The van der Waals surface area contributed by atoms with E-state index in [0.717, 1.165) is 11.3 Å². The molecule has 0 aliphatic carbocycles. The van der Waals surface area contributed by atoms with Crippen LogP contribution in [0.4, 0.5) is 5.69 Å². The van der Waals surface area contributed by atoms with Crippen LogP contribution in [-0.2, 0) is 16.0 Å². The minimum atomic E-state index is -0.376. The van der Waals surface area contributed by atoms with Crippen molar-refractivity contribution in [3.63, 3.8) is 0 Å². The molecule has 2 aromatic carbocycles. The van der Waals surface area contributed by atoms with Gasteiger partial charge in [-0.15, -0.1) is 0 Å². The van der Waals surface area contributed by atoms with Crippen LogP contribution in [0.25, 0.3) is 0 Å². The summed E-state index contributed by atoms with van der Waals surface area (Å²) in [4.78, 5) is 23.3. The van der Waals surface area contributed by atoms with Crippen molar-refractivity contribution < 1.29 is 23.8 Å². The van der Waals surface area contributed by atoms with E-state index >= 15 is 0 Å². The Kier molecular flexibility index (Phi) is 4.65. The molecule has 1 heterocycles. The first-order valence-electron chi connectivity index (χ1n) is 7.63. The van der Waals surface area contributed by atoms with Gasteiger partial charge in [0.25, 0.3) is 5.91 Å². The van der Waals surface area contributed by atoms with Crippen molar-refractivity contribution >= 4 is 17.6 Å². The molecule has 0 aromatic heterocycles. The molecule has 1 aliphatic rings. The van der Waals surface area contributed by atoms with Crippen LogP contribution in [0.5, 0.6) is 17.2 Å². The van der Waals surface area contributed by atoms with E-state index < -0.39 is 0 Å². The van der Waals surface area contributed by atoms with Crippen LogP contribution >= 0.6 is 0 Å². The van der Waals surface area contributed by atoms with Gasteiger partial charge >= 0.3 is 5.97 Å². The van der Waals surface area contributed by atoms with Gasteiger partial charge in [0.15, 0.2) is 6.61 Å². The summed E-state index contributed by atoms with van der Waals surface area (Å²) in [5.74, 6) is 1.05. The summed E-state index contributed by atoms with van der Waals surface area (Å²) in [7, 11) is 0. The third-order valence-electron chi connectivity index (χ3n) is 3.40. The first-order valence-corrected chi connectivity index (χ1v) is 7.63. The normalized spacial score (nSPS) is 12.6. The molecule has 1 N–H and O–H groups in total. The summed E-state index contributed by atoms with van der Waals surface area (Å²) in [5.41, 5.74) is 1.41. The second-order valence-corrected chi connectivity index (χ2v) is 5.22. The standard InChI is InChI=1S/C18H17NO5/c1-2-22-13-5-3-12(4-6-13)9-18(21)24-14-7-8-15-16(10-14)23-11-17(20)19-15/h3-8,10H,2,9,11H2,1H3,(H,19,20). The number of benzene rings is 2. The fraction of sp³-hybridized carbons (Fsp3) is 0.222. The lowest BCUT2D eigenvalue weighted by Crippen LogP contribution is -2.25. The van der Waals surface area contributed by atoms with Gasteiger partial charge in [-0.25, -0.2) is 0 Å². The SMILES string of the molecule is CCOc1ccc(CC(=O)Oc2ccc3c(c2)OCC(=O)N3)cc1. The molecule has 3 rings (SSSR count). The van der Waals surface area contributed by atoms with E-state index in [0.29, 0.717) is 23.8 Å². The van der Waals surface area contributed by atoms with E-state index in [9.17, 15) is 9.59 Å². The monoisotopic (exact) mass is 327 g/mol. The van der Waals surface area contributed by atoms with Crippen LogP contribution in [-0.4, -0.2) is 25.1 Å². The molecule has 24 heavy (non-hydrogen) atoms. The Morgan fingerprint density at radius 3 is 2.67 bits per heavy atom. The van der Waals surface area contributed by atoms with Gasteiger partial charge in [-0.1, -0.05) is 12.1 Å². The molecule has 0 unspecified atom stereocenters. The van der Waals surface area contributed by atoms with Gasteiger partial charge in [0.2, 0.25) is 0 Å². The molecule has 124 valence electrons. The quantitative estimate of drug-likeness (QED) is 0.675. The molecule has 0 spiro atoms. The Morgan fingerprint density at radius 1 is 1.17 bits per heavy atom. The average Bonchev–Trinajstić information content (AvgIpc) is 2.57. The number of ether oxygens (including phenoxy) is 3. The Balaban J connectivity index is 1.61. The van der Waals surface area contributed by atoms with E-state index in [1.807, 2.05) is 31.2 Å². The number of rotatable bonds is 5. The van der Waals surface area contributed by atoms with Crippen LogP contribution in [0, 0.1) is 0 Å². The van der Waals surface area contributed by atoms with Gasteiger partial charge in [0.05, 0.1) is 18.7 Å². The smallest absolute Gasteiger partial charge is 0.315 e. The second-order valence-electron chi connectivity index (χ2n) is 5.22. The minimum Gasteiger partial charge on any atom is -0.494 e. The number of carbonyl (C=O) groups excluding carboxylic acids is 2. The molecule has 0 saturated heterocycles. The topological polar surface area (TPSA) is 73.9 Å². The summed E-state index contributed by atoms with van der Waals surface area (Å²) in [5, 5.41) is 2.68. The Hall–Kier alpha value is -3.02. The molecular formula is C18H17NO5. The molecule has 0 radical (unpaired) electrons. The molecule has 0 saturated carbocycles. The van der Waals surface area contributed by atoms with Gasteiger partial charge < -0.3 is 19.5 Å². The van der Waals surface area contributed by atoms with Crippen molar-refractivity contribution in [2.75, 3.05) is 18.5 Å². The molecule has 0 fully saturated rings. The molecule has 6 nitrogen and oxygen atoms in total. The first-order chi connectivity index (χ1) is 11.6. The highest BCUT2D eigenvalue weighted by Gasteiger charge is 2.17. The first kappa shape index (κ1) is 15.9. The Morgan fingerprint density at radius 2 is 1.92 bits per heavy atom. The molecular weight excluding hydrogens is 310 g/mol. The summed E-state index contributed by atoms with van der Waals surface area (Å²) in [6.07, 6.45) is 0.154. The van der Waals surface area contributed by atoms with Gasteiger partial charge in [0, 0.05) is 6.07 Å². The van der Waals surface area contributed by atoms with E-state index in [1.54, 1.807) is 18.2 Å². The van der Waals surface area contributed by atoms with Crippen LogP contribution in [0.15, 0.2) is 42.5 Å². The zero-order chi connectivity index (χ0) is 16.9. The average molecular weight is 327 g/mol. The summed E-state index contributed by atoms with van der Waals surface area (Å²) < 4.78 is 16.0. The van der Waals surface area contributed by atoms with Gasteiger partial charge in [-0.05, 0) is 36.8 Å². The maximum atomic E-state index is 12.0. The predicted molar refractivity (Wildman–Crippen MR) is 87.5 cm³/mol. The Bertz CT molecular complexity index is 755. The number of nitrogens with one attached hydrogen (secondary N) is 1. The lowest BCUT2D eigenvalue weighted by molar-refractivity contribution is -0.133. The van der Waals surface area contributed by atoms with E-state index in [2.05, 4.69) is 5.32 Å². The number of esters is 1. The number of hydrogen-bond acceptors (Lipinski definition) is 5. The van der Waals surface area contributed by atoms with Gasteiger partial charge in [-0.2, -0.15) is 0 Å². The third-order valence-corrected chi connectivity index (χ3v) is 3.40. The Labute approximate surface area is 139 Å². The highest BCUT2D eigenvalue weighted by Crippen LogP contribution is 2.31. The number of amides is 1. The molecule has 1 amide bonds. The molecule has 1 aliphatic heterocycles. The predicted octanol–water partition coefficient (Wildman–Crippen LogP) is 2.56. The van der Waals surface area contributed by atoms with Crippen molar-refractivity contribution in [2.24, 2.45) is 0 Å². The van der Waals surface area contributed by atoms with E-state index in [4.69, 9.17) is 14.2 Å². The molecule has 0 atom stereocenters. The maximum Gasteiger partial charge on any atom is 0.315 e. The van der Waals surface area contributed by atoms with Crippen LogP contribution in [0.3, 0.4) is 0 Å². The second kappa shape index (κ2) is 7.04. The van der Waals surface area contributed by atoms with Gasteiger partial charge in [0.1, 0.15) is 17.2 Å². The van der Waals surface area contributed by atoms with E-state index in [1.165, 1.54) is 0 Å². The highest BCUT2D eigenvalue weighted by molar-refractivity contribution is 5.95. The van der Waals surface area contributed by atoms with Gasteiger partial charge in [-0.3, -0.25) is 9.59 Å². The van der Waals surface area contributed by atoms with Crippen LogP contribution in [0.2, 0.25) is 0 Å². The van der Waals surface area contributed by atoms with E-state index in [-0.39, 0.29) is 24.9 Å². The van der Waals surface area contributed by atoms with Crippen LogP contribution < -0.4 is 19.5 Å². The number of anilines is 1. The number of carbonyl (C=O) groups is 2. The largest absolute Gasteiger partial charge is 0.494 e. The molecule has 2 aromatic rings. The third kappa shape index (κ3) is 3.84. The maximum absolute atomic E-state index is 12.0. The van der Waals surface area contributed by atoms with Crippen molar-refractivity contribution in [1.82, 2.24) is 0 Å². The summed E-state index contributed by atoms with van der Waals surface area (Å²) in [6.45, 7) is 2.47. The fourth-order valence-electron chi connectivity index (χ4n) is 2.32. The highest BCUT2D eigenvalue weighted by atomic mass is 16.5. The van der Waals surface area contributed by atoms with Crippen molar-refractivity contribution in [3.8, 4) is 17.2 Å². The summed E-state index contributed by atoms with van der Waals surface area (Å²) in [6, 6.07) is 12.2. The zero-order valence-electron chi connectivity index (χ0n) is 13.2. The summed E-state index contributed by atoms with van der Waals surface area (Å²) >= 11 is 0. The minimum absolute atomic E-state index is 0.0451. The zero-order valence-corrected chi connectivity index (χ0v) is 13.2. The van der Waals surface area contributed by atoms with Crippen molar-refractivity contribution in [2.45, 2.75) is 13.3 Å². The number of fused-ring (bicyclic) bond motifs is 1. The number of hydrogen-bond donors (Lipinski definition) is 1. The molecule has 0 bridgehead atoms. The lowest BCUT2D eigenvalue weighted by Gasteiger charge is -2.18. The molecule has 6 heteroatoms. The lowest BCUT2D eigenvalue weighted by atomic mass is 10.1. The fourth-order valence-corrected chi connectivity index (χ4v) is 2.32. The van der Waals surface area contributed by atoms with Crippen molar-refractivity contribution in [3.05, 3.63) is 48.0 Å².